The number of aliphatic carboxylic acids is 1. The maximum absolute atomic E-state index is 10.7. The van der Waals surface area contributed by atoms with Crippen LogP contribution in [0.2, 0.25) is 0 Å². The number of hydrogen-bond acceptors (Lipinski definition) is 1. The molecule has 1 rings (SSSR count). The van der Waals surface area contributed by atoms with E-state index < -0.39 is 5.97 Å². The Kier molecular flexibility index (Phi) is 1.97. The van der Waals surface area contributed by atoms with E-state index in [0.717, 1.165) is 0 Å². The lowest BCUT2D eigenvalue weighted by atomic mass is 10.1. The summed E-state index contributed by atoms with van der Waals surface area (Å²) in [5.41, 5.74) is -0.126. The Morgan fingerprint density at radius 1 is 1.67 bits per heavy atom. The largest absolute Gasteiger partial charge is 0.481 e. The fourth-order valence-corrected chi connectivity index (χ4v) is 1.67. The molecule has 0 bridgehead atoms. The maximum Gasteiger partial charge on any atom is 0.307 e. The smallest absolute Gasteiger partial charge is 0.307 e. The third-order valence-electron chi connectivity index (χ3n) is 2.58. The van der Waals surface area contributed by atoms with E-state index in [1.807, 2.05) is 13.8 Å². The number of terminal acetylenes is 1. The Hall–Kier alpha value is -1.23. The average Bonchev–Trinajstić information content (AvgIpc) is 2.49. The van der Waals surface area contributed by atoms with Gasteiger partial charge in [-0.1, -0.05) is 25.8 Å². The highest BCUT2D eigenvalue weighted by molar-refractivity contribution is 5.76. The number of carboxylic acid groups (broad SMARTS) is 1. The van der Waals surface area contributed by atoms with Crippen molar-refractivity contribution in [2.24, 2.45) is 17.3 Å². The number of hydrogen-bond donors (Lipinski definition) is 1. The topological polar surface area (TPSA) is 37.3 Å². The molecule has 0 saturated heterocycles. The molecule has 12 heavy (non-hydrogen) atoms. The Labute approximate surface area is 72.3 Å². The second kappa shape index (κ2) is 2.67. The monoisotopic (exact) mass is 164 g/mol. The van der Waals surface area contributed by atoms with E-state index in [9.17, 15) is 4.79 Å². The SMILES string of the molecule is C#C/C=C/C1C(C(=O)O)C1(C)C. The molecule has 0 aromatic carbocycles. The zero-order valence-electron chi connectivity index (χ0n) is 7.24. The minimum Gasteiger partial charge on any atom is -0.481 e. The number of allylic oxidation sites excluding steroid dienone is 2. The first kappa shape index (κ1) is 8.86. The summed E-state index contributed by atoms with van der Waals surface area (Å²) in [5.74, 6) is 1.47. The maximum atomic E-state index is 10.7. The fourth-order valence-electron chi connectivity index (χ4n) is 1.67. The molecule has 2 unspecified atom stereocenters. The van der Waals surface area contributed by atoms with Crippen molar-refractivity contribution < 1.29 is 9.90 Å². The summed E-state index contributed by atoms with van der Waals surface area (Å²) in [5, 5.41) is 8.77. The van der Waals surface area contributed by atoms with Crippen LogP contribution in [0.5, 0.6) is 0 Å². The number of carboxylic acids is 1. The van der Waals surface area contributed by atoms with Crippen molar-refractivity contribution in [2.75, 3.05) is 0 Å². The lowest BCUT2D eigenvalue weighted by molar-refractivity contribution is -0.139. The molecule has 2 nitrogen and oxygen atoms in total. The van der Waals surface area contributed by atoms with Crippen LogP contribution >= 0.6 is 0 Å². The molecule has 1 saturated carbocycles. The van der Waals surface area contributed by atoms with E-state index in [4.69, 9.17) is 11.5 Å². The summed E-state index contributed by atoms with van der Waals surface area (Å²) < 4.78 is 0. The Morgan fingerprint density at radius 3 is 2.58 bits per heavy atom. The van der Waals surface area contributed by atoms with Crippen molar-refractivity contribution in [1.29, 1.82) is 0 Å². The van der Waals surface area contributed by atoms with Crippen LogP contribution in [0.15, 0.2) is 12.2 Å². The average molecular weight is 164 g/mol. The highest BCUT2D eigenvalue weighted by Crippen LogP contribution is 2.58. The van der Waals surface area contributed by atoms with Crippen LogP contribution in [0.4, 0.5) is 0 Å². The molecule has 2 heteroatoms. The van der Waals surface area contributed by atoms with E-state index in [0.29, 0.717) is 0 Å². The van der Waals surface area contributed by atoms with Crippen molar-refractivity contribution in [2.45, 2.75) is 13.8 Å². The first-order chi connectivity index (χ1) is 5.51. The molecule has 1 fully saturated rings. The van der Waals surface area contributed by atoms with Gasteiger partial charge in [-0.05, 0) is 17.4 Å². The van der Waals surface area contributed by atoms with Crippen LogP contribution in [-0.2, 0) is 4.79 Å². The molecule has 64 valence electrons. The van der Waals surface area contributed by atoms with Gasteiger partial charge in [-0.2, -0.15) is 0 Å². The van der Waals surface area contributed by atoms with Crippen LogP contribution in [0.3, 0.4) is 0 Å². The van der Waals surface area contributed by atoms with Gasteiger partial charge in [0.2, 0.25) is 0 Å². The van der Waals surface area contributed by atoms with Crippen molar-refractivity contribution >= 4 is 5.97 Å². The fraction of sp³-hybridized carbons (Fsp3) is 0.500. The van der Waals surface area contributed by atoms with Gasteiger partial charge in [-0.25, -0.2) is 0 Å². The van der Waals surface area contributed by atoms with E-state index in [1.54, 1.807) is 12.2 Å². The van der Waals surface area contributed by atoms with Crippen molar-refractivity contribution in [3.63, 3.8) is 0 Å². The standard InChI is InChI=1S/C10H12O2/c1-4-5-6-7-8(9(11)12)10(7,2)3/h1,5-8H,2-3H3,(H,11,12)/b6-5+. The predicted molar refractivity (Wildman–Crippen MR) is 46.4 cm³/mol. The van der Waals surface area contributed by atoms with Crippen LogP contribution in [0.25, 0.3) is 0 Å². The van der Waals surface area contributed by atoms with Gasteiger partial charge in [-0.3, -0.25) is 4.79 Å². The van der Waals surface area contributed by atoms with Crippen molar-refractivity contribution in [1.82, 2.24) is 0 Å². The Balaban J connectivity index is 2.68. The van der Waals surface area contributed by atoms with Gasteiger partial charge < -0.3 is 5.11 Å². The minimum absolute atomic E-state index is 0.103. The molecular weight excluding hydrogens is 152 g/mol. The van der Waals surface area contributed by atoms with Gasteiger partial charge in [-0.15, -0.1) is 6.42 Å². The van der Waals surface area contributed by atoms with Crippen LogP contribution in [0, 0.1) is 29.6 Å². The molecule has 2 atom stereocenters. The first-order valence-electron chi connectivity index (χ1n) is 3.87. The summed E-state index contributed by atoms with van der Waals surface area (Å²) in [6.45, 7) is 3.88. The number of rotatable bonds is 2. The summed E-state index contributed by atoms with van der Waals surface area (Å²) in [4.78, 5) is 10.7. The van der Waals surface area contributed by atoms with Crippen molar-refractivity contribution in [3.05, 3.63) is 12.2 Å². The lowest BCUT2D eigenvalue weighted by Crippen LogP contribution is -2.02. The molecule has 0 aromatic heterocycles. The lowest BCUT2D eigenvalue weighted by Gasteiger charge is -1.95. The third kappa shape index (κ3) is 1.23. The first-order valence-corrected chi connectivity index (χ1v) is 3.87. The summed E-state index contributed by atoms with van der Waals surface area (Å²) in [6.07, 6.45) is 8.41. The highest BCUT2D eigenvalue weighted by Gasteiger charge is 2.60. The molecule has 0 heterocycles. The van der Waals surface area contributed by atoms with Crippen LogP contribution in [-0.4, -0.2) is 11.1 Å². The van der Waals surface area contributed by atoms with E-state index >= 15 is 0 Å². The molecule has 0 aliphatic heterocycles. The zero-order chi connectivity index (χ0) is 9.35. The Morgan fingerprint density at radius 2 is 2.25 bits per heavy atom. The summed E-state index contributed by atoms with van der Waals surface area (Å²) in [6, 6.07) is 0. The van der Waals surface area contributed by atoms with Crippen LogP contribution < -0.4 is 0 Å². The van der Waals surface area contributed by atoms with E-state index in [1.165, 1.54) is 0 Å². The van der Waals surface area contributed by atoms with Crippen molar-refractivity contribution in [3.8, 4) is 12.3 Å². The summed E-state index contributed by atoms with van der Waals surface area (Å²) in [7, 11) is 0. The molecule has 0 spiro atoms. The minimum atomic E-state index is -0.730. The van der Waals surface area contributed by atoms with Gasteiger partial charge in [0.05, 0.1) is 5.92 Å². The van der Waals surface area contributed by atoms with Gasteiger partial charge in [0.25, 0.3) is 0 Å². The highest BCUT2D eigenvalue weighted by atomic mass is 16.4. The Bertz CT molecular complexity index is 268. The van der Waals surface area contributed by atoms with E-state index in [-0.39, 0.29) is 17.3 Å². The molecule has 0 radical (unpaired) electrons. The second-order valence-electron chi connectivity index (χ2n) is 3.69. The quantitative estimate of drug-likeness (QED) is 0.628. The zero-order valence-corrected chi connectivity index (χ0v) is 7.24. The third-order valence-corrected chi connectivity index (χ3v) is 2.58. The van der Waals surface area contributed by atoms with Gasteiger partial charge >= 0.3 is 5.97 Å². The molecular formula is C10H12O2. The molecule has 1 aliphatic rings. The van der Waals surface area contributed by atoms with Gasteiger partial charge in [0.15, 0.2) is 0 Å². The van der Waals surface area contributed by atoms with E-state index in [2.05, 4.69) is 5.92 Å². The normalized spacial score (nSPS) is 31.4. The molecule has 1 aliphatic carbocycles. The molecule has 0 aromatic rings. The molecule has 0 amide bonds. The number of carbonyl (C=O) groups is 1. The predicted octanol–water partition coefficient (Wildman–Crippen LogP) is 1.53. The second-order valence-corrected chi connectivity index (χ2v) is 3.69. The van der Waals surface area contributed by atoms with Gasteiger partial charge in [0, 0.05) is 0 Å². The van der Waals surface area contributed by atoms with Crippen LogP contribution in [0.1, 0.15) is 13.8 Å². The summed E-state index contributed by atoms with van der Waals surface area (Å²) >= 11 is 0. The van der Waals surface area contributed by atoms with Gasteiger partial charge in [0.1, 0.15) is 0 Å². The molecule has 1 N–H and O–H groups in total.